The Kier molecular flexibility index (Phi) is 13.1. The molecule has 4 heteroatoms. The minimum absolute atomic E-state index is 0.114. The third-order valence-corrected chi connectivity index (χ3v) is 2.79. The predicted octanol–water partition coefficient (Wildman–Crippen LogP) is 3.55. The van der Waals surface area contributed by atoms with Gasteiger partial charge in [0.2, 0.25) is 0 Å². The van der Waals surface area contributed by atoms with Crippen molar-refractivity contribution >= 4 is 0 Å². The smallest absolute Gasteiger partial charge is 0.138 e. The molecule has 1 aromatic rings. The van der Waals surface area contributed by atoms with Crippen LogP contribution in [0.2, 0.25) is 0 Å². The largest absolute Gasteiger partial charge is 0.489 e. The van der Waals surface area contributed by atoms with Gasteiger partial charge >= 0.3 is 0 Å². The first-order valence-electron chi connectivity index (χ1n) is 8.60. The van der Waals surface area contributed by atoms with Gasteiger partial charge < -0.3 is 14.9 Å². The molecule has 0 radical (unpaired) electrons. The second kappa shape index (κ2) is 14.0. The molecular formula is C19H31NO3. The summed E-state index contributed by atoms with van der Waals surface area (Å²) in [6.45, 7) is 8.42. The fraction of sp³-hybridized carbons (Fsp3) is 0.632. The fourth-order valence-electron chi connectivity index (χ4n) is 1.67. The Bertz CT molecular complexity index is 442. The van der Waals surface area contributed by atoms with Gasteiger partial charge in [0.15, 0.2) is 0 Å². The average molecular weight is 321 g/mol. The Hall–Kier alpha value is -1.57. The molecule has 2 rings (SSSR count). The van der Waals surface area contributed by atoms with Crippen molar-refractivity contribution in [3.05, 3.63) is 24.0 Å². The van der Waals surface area contributed by atoms with Crippen molar-refractivity contribution in [2.45, 2.75) is 72.0 Å². The zero-order valence-corrected chi connectivity index (χ0v) is 14.9. The first kappa shape index (κ1) is 21.4. The fourth-order valence-corrected chi connectivity index (χ4v) is 1.67. The number of ether oxygens (including phenoxy) is 1. The van der Waals surface area contributed by atoms with Gasteiger partial charge in [0.1, 0.15) is 17.5 Å². The SMILES string of the molecule is CC.CCC.OCCCC#Cc1ccc(OC2CC(O)C2)cn1. The monoisotopic (exact) mass is 321 g/mol. The van der Waals surface area contributed by atoms with Crippen LogP contribution < -0.4 is 4.74 Å². The summed E-state index contributed by atoms with van der Waals surface area (Å²) >= 11 is 0. The zero-order chi connectivity index (χ0) is 17.5. The first-order chi connectivity index (χ1) is 11.2. The number of unbranched alkanes of at least 4 members (excludes halogenated alkanes) is 1. The third kappa shape index (κ3) is 9.93. The Balaban J connectivity index is 0.000000868. The number of pyridine rings is 1. The summed E-state index contributed by atoms with van der Waals surface area (Å²) in [5, 5.41) is 17.8. The van der Waals surface area contributed by atoms with Crippen LogP contribution in [0, 0.1) is 11.8 Å². The highest BCUT2D eigenvalue weighted by Gasteiger charge is 2.28. The van der Waals surface area contributed by atoms with Crippen LogP contribution in [-0.2, 0) is 0 Å². The number of aliphatic hydroxyl groups excluding tert-OH is 2. The number of aromatic nitrogens is 1. The lowest BCUT2D eigenvalue weighted by Crippen LogP contribution is -2.37. The molecule has 0 amide bonds. The maximum atomic E-state index is 9.15. The van der Waals surface area contributed by atoms with E-state index in [2.05, 4.69) is 30.7 Å². The molecule has 2 N–H and O–H groups in total. The van der Waals surface area contributed by atoms with Crippen LogP contribution >= 0.6 is 0 Å². The molecule has 1 aliphatic carbocycles. The molecule has 0 unspecified atom stereocenters. The van der Waals surface area contributed by atoms with Gasteiger partial charge in [-0.05, 0) is 24.5 Å². The maximum absolute atomic E-state index is 9.15. The van der Waals surface area contributed by atoms with Gasteiger partial charge in [0.05, 0.1) is 12.3 Å². The van der Waals surface area contributed by atoms with E-state index in [9.17, 15) is 0 Å². The van der Waals surface area contributed by atoms with Gasteiger partial charge in [-0.3, -0.25) is 0 Å². The molecule has 1 fully saturated rings. The minimum atomic E-state index is -0.209. The van der Waals surface area contributed by atoms with Crippen LogP contribution in [0.1, 0.15) is 65.5 Å². The molecular weight excluding hydrogens is 290 g/mol. The number of aliphatic hydroxyl groups is 2. The molecule has 23 heavy (non-hydrogen) atoms. The molecule has 130 valence electrons. The Morgan fingerprint density at radius 2 is 1.91 bits per heavy atom. The third-order valence-electron chi connectivity index (χ3n) is 2.79. The molecule has 0 aliphatic heterocycles. The molecule has 0 atom stereocenters. The average Bonchev–Trinajstić information content (AvgIpc) is 2.54. The van der Waals surface area contributed by atoms with E-state index in [0.717, 1.165) is 0 Å². The van der Waals surface area contributed by atoms with Crippen molar-refractivity contribution < 1.29 is 14.9 Å². The molecule has 1 saturated carbocycles. The van der Waals surface area contributed by atoms with Gasteiger partial charge in [-0.2, -0.15) is 0 Å². The van der Waals surface area contributed by atoms with E-state index in [4.69, 9.17) is 14.9 Å². The predicted molar refractivity (Wildman–Crippen MR) is 94.4 cm³/mol. The minimum Gasteiger partial charge on any atom is -0.489 e. The lowest BCUT2D eigenvalue weighted by Gasteiger charge is -2.31. The molecule has 0 spiro atoms. The van der Waals surface area contributed by atoms with Crippen LogP contribution in [0.15, 0.2) is 18.3 Å². The van der Waals surface area contributed by atoms with Gasteiger partial charge in [-0.25, -0.2) is 4.98 Å². The van der Waals surface area contributed by atoms with Crippen LogP contribution in [0.4, 0.5) is 0 Å². The number of hydrogen-bond donors (Lipinski definition) is 2. The maximum Gasteiger partial charge on any atom is 0.138 e. The van der Waals surface area contributed by atoms with E-state index in [1.54, 1.807) is 6.20 Å². The van der Waals surface area contributed by atoms with E-state index >= 15 is 0 Å². The Morgan fingerprint density at radius 3 is 2.39 bits per heavy atom. The number of hydrogen-bond acceptors (Lipinski definition) is 4. The second-order valence-corrected chi connectivity index (χ2v) is 5.08. The van der Waals surface area contributed by atoms with E-state index < -0.39 is 0 Å². The molecule has 4 nitrogen and oxygen atoms in total. The molecule has 0 bridgehead atoms. The zero-order valence-electron chi connectivity index (χ0n) is 14.9. The van der Waals surface area contributed by atoms with Crippen molar-refractivity contribution in [3.8, 4) is 17.6 Å². The summed E-state index contributed by atoms with van der Waals surface area (Å²) in [5.74, 6) is 6.59. The number of rotatable bonds is 4. The van der Waals surface area contributed by atoms with Crippen molar-refractivity contribution in [2.75, 3.05) is 6.61 Å². The highest BCUT2D eigenvalue weighted by Crippen LogP contribution is 2.25. The summed E-state index contributed by atoms with van der Waals surface area (Å²) in [5.41, 5.74) is 0.703. The highest BCUT2D eigenvalue weighted by atomic mass is 16.5. The normalized spacial score (nSPS) is 18.0. The number of nitrogens with zero attached hydrogens (tertiary/aromatic N) is 1. The molecule has 0 saturated heterocycles. The summed E-state index contributed by atoms with van der Waals surface area (Å²) in [7, 11) is 0. The van der Waals surface area contributed by atoms with E-state index in [-0.39, 0.29) is 18.8 Å². The van der Waals surface area contributed by atoms with Crippen molar-refractivity contribution in [3.63, 3.8) is 0 Å². The summed E-state index contributed by atoms with van der Waals surface area (Å²) in [6.07, 6.45) is 5.57. The van der Waals surface area contributed by atoms with Crippen LogP contribution in [0.25, 0.3) is 0 Å². The second-order valence-electron chi connectivity index (χ2n) is 5.08. The summed E-state index contributed by atoms with van der Waals surface area (Å²) in [4.78, 5) is 4.18. The van der Waals surface area contributed by atoms with Crippen LogP contribution in [-0.4, -0.2) is 34.0 Å². The van der Waals surface area contributed by atoms with E-state index in [1.165, 1.54) is 6.42 Å². The Morgan fingerprint density at radius 1 is 1.26 bits per heavy atom. The highest BCUT2D eigenvalue weighted by molar-refractivity contribution is 5.31. The lowest BCUT2D eigenvalue weighted by molar-refractivity contribution is -0.0109. The van der Waals surface area contributed by atoms with Gasteiger partial charge in [-0.1, -0.05) is 40.0 Å². The van der Waals surface area contributed by atoms with Crippen molar-refractivity contribution in [2.24, 2.45) is 0 Å². The quantitative estimate of drug-likeness (QED) is 0.657. The summed E-state index contributed by atoms with van der Waals surface area (Å²) < 4.78 is 5.61. The summed E-state index contributed by atoms with van der Waals surface area (Å²) in [6, 6.07) is 3.66. The van der Waals surface area contributed by atoms with Crippen molar-refractivity contribution in [1.29, 1.82) is 0 Å². The molecule has 0 aromatic carbocycles. The molecule has 1 heterocycles. The topological polar surface area (TPSA) is 62.6 Å². The van der Waals surface area contributed by atoms with E-state index in [1.807, 2.05) is 26.0 Å². The van der Waals surface area contributed by atoms with Crippen LogP contribution in [0.5, 0.6) is 5.75 Å². The van der Waals surface area contributed by atoms with Gasteiger partial charge in [0.25, 0.3) is 0 Å². The van der Waals surface area contributed by atoms with Crippen molar-refractivity contribution in [1.82, 2.24) is 4.98 Å². The lowest BCUT2D eigenvalue weighted by atomic mass is 9.92. The molecule has 1 aliphatic rings. The van der Waals surface area contributed by atoms with E-state index in [0.29, 0.717) is 37.1 Å². The molecule has 1 aromatic heterocycles. The Labute approximate surface area is 140 Å². The van der Waals surface area contributed by atoms with Gasteiger partial charge in [0, 0.05) is 25.9 Å². The standard InChI is InChI=1S/C14H17NO3.C3H8.C2H6/c16-7-3-1-2-4-11-5-6-13(10-15-11)18-14-8-12(17)9-14;1-3-2;1-2/h5-6,10,12,14,16-17H,1,3,7-9H2;3H2,1-2H3;1-2H3. The van der Waals surface area contributed by atoms with Gasteiger partial charge in [-0.15, -0.1) is 0 Å². The first-order valence-corrected chi connectivity index (χ1v) is 8.60. The van der Waals surface area contributed by atoms with Crippen LogP contribution in [0.3, 0.4) is 0 Å².